The topological polar surface area (TPSA) is 61.4 Å². The smallest absolute Gasteiger partial charge is 0.313 e. The molecule has 0 aromatic heterocycles. The molecule has 2 aromatic carbocycles. The number of hydrogen-bond donors (Lipinski definition) is 2. The Morgan fingerprint density at radius 3 is 2.33 bits per heavy atom. The van der Waals surface area contributed by atoms with Crippen LogP contribution in [0, 0.1) is 5.82 Å². The first kappa shape index (κ1) is 18.9. The largest absolute Gasteiger partial charge is 0.372 e. The summed E-state index contributed by atoms with van der Waals surface area (Å²) in [6.45, 7) is 2.55. The van der Waals surface area contributed by atoms with Gasteiger partial charge in [-0.05, 0) is 55.5 Å². The van der Waals surface area contributed by atoms with E-state index in [2.05, 4.69) is 39.8 Å². The third-order valence-corrected chi connectivity index (χ3v) is 4.69. The van der Waals surface area contributed by atoms with Crippen LogP contribution in [-0.2, 0) is 16.0 Å². The minimum Gasteiger partial charge on any atom is -0.372 e. The predicted octanol–water partition coefficient (Wildman–Crippen LogP) is 3.11. The number of amides is 2. The van der Waals surface area contributed by atoms with Crippen LogP contribution < -0.4 is 15.5 Å². The maximum absolute atomic E-state index is 13.5. The lowest BCUT2D eigenvalue weighted by atomic mass is 10.1. The Balaban J connectivity index is 1.44. The van der Waals surface area contributed by atoms with E-state index in [-0.39, 0.29) is 5.69 Å². The molecule has 1 aliphatic rings. The van der Waals surface area contributed by atoms with Gasteiger partial charge in [-0.15, -0.1) is 0 Å². The Hall–Kier alpha value is -2.89. The van der Waals surface area contributed by atoms with Crippen LogP contribution in [0.1, 0.15) is 24.8 Å². The second kappa shape index (κ2) is 9.16. The molecule has 1 heterocycles. The molecule has 142 valence electrons. The summed E-state index contributed by atoms with van der Waals surface area (Å²) in [5, 5.41) is 4.84. The average Bonchev–Trinajstić information content (AvgIpc) is 2.71. The molecule has 1 aliphatic heterocycles. The number of carbonyl (C=O) groups is 2. The van der Waals surface area contributed by atoms with Crippen molar-refractivity contribution in [1.29, 1.82) is 0 Å². The summed E-state index contributed by atoms with van der Waals surface area (Å²) in [4.78, 5) is 26.1. The van der Waals surface area contributed by atoms with Gasteiger partial charge < -0.3 is 15.5 Å². The van der Waals surface area contributed by atoms with Crippen LogP contribution in [0.2, 0.25) is 0 Å². The molecule has 0 saturated carbocycles. The number of nitrogens with zero attached hydrogens (tertiary/aromatic N) is 1. The number of para-hydroxylation sites is 1. The summed E-state index contributed by atoms with van der Waals surface area (Å²) in [6, 6.07) is 14.0. The summed E-state index contributed by atoms with van der Waals surface area (Å²) in [5.74, 6) is -2.23. The standard InChI is InChI=1S/C21H24FN3O2/c22-18-6-2-3-7-19(18)24-21(27)20(26)23-13-12-16-8-10-17(11-9-16)25-14-4-1-5-15-25/h2-3,6-11H,1,4-5,12-15H2,(H,23,26)(H,24,27). The molecule has 6 heteroatoms. The number of piperidine rings is 1. The van der Waals surface area contributed by atoms with E-state index in [9.17, 15) is 14.0 Å². The first-order valence-electron chi connectivity index (χ1n) is 9.31. The second-order valence-corrected chi connectivity index (χ2v) is 6.65. The summed E-state index contributed by atoms with van der Waals surface area (Å²) >= 11 is 0. The van der Waals surface area contributed by atoms with Gasteiger partial charge in [-0.25, -0.2) is 4.39 Å². The monoisotopic (exact) mass is 369 g/mol. The third-order valence-electron chi connectivity index (χ3n) is 4.69. The van der Waals surface area contributed by atoms with Gasteiger partial charge in [0.15, 0.2) is 0 Å². The van der Waals surface area contributed by atoms with E-state index in [1.54, 1.807) is 6.07 Å². The number of hydrogen-bond acceptors (Lipinski definition) is 3. The Kier molecular flexibility index (Phi) is 6.41. The van der Waals surface area contributed by atoms with E-state index < -0.39 is 17.6 Å². The molecule has 0 spiro atoms. The zero-order valence-electron chi connectivity index (χ0n) is 15.2. The van der Waals surface area contributed by atoms with Gasteiger partial charge in [0.2, 0.25) is 0 Å². The molecular weight excluding hydrogens is 345 g/mol. The van der Waals surface area contributed by atoms with Crippen molar-refractivity contribution in [2.24, 2.45) is 0 Å². The molecule has 0 atom stereocenters. The van der Waals surface area contributed by atoms with Crippen molar-refractivity contribution < 1.29 is 14.0 Å². The van der Waals surface area contributed by atoms with E-state index in [1.165, 1.54) is 43.1 Å². The lowest BCUT2D eigenvalue weighted by molar-refractivity contribution is -0.136. The van der Waals surface area contributed by atoms with Gasteiger partial charge in [0.1, 0.15) is 5.82 Å². The molecule has 3 rings (SSSR count). The lowest BCUT2D eigenvalue weighted by Gasteiger charge is -2.28. The molecule has 0 bridgehead atoms. The van der Waals surface area contributed by atoms with Gasteiger partial charge in [-0.3, -0.25) is 9.59 Å². The quantitative estimate of drug-likeness (QED) is 0.796. The van der Waals surface area contributed by atoms with Crippen molar-refractivity contribution in [2.75, 3.05) is 29.9 Å². The summed E-state index contributed by atoms with van der Waals surface area (Å²) in [7, 11) is 0. The first-order valence-corrected chi connectivity index (χ1v) is 9.31. The molecule has 0 unspecified atom stereocenters. The van der Waals surface area contributed by atoms with E-state index in [0.29, 0.717) is 13.0 Å². The zero-order valence-corrected chi connectivity index (χ0v) is 15.2. The van der Waals surface area contributed by atoms with Crippen LogP contribution in [0.5, 0.6) is 0 Å². The fraction of sp³-hybridized carbons (Fsp3) is 0.333. The van der Waals surface area contributed by atoms with Gasteiger partial charge >= 0.3 is 11.8 Å². The van der Waals surface area contributed by atoms with Crippen molar-refractivity contribution >= 4 is 23.2 Å². The van der Waals surface area contributed by atoms with Gasteiger partial charge in [-0.2, -0.15) is 0 Å². The molecular formula is C21H24FN3O2. The van der Waals surface area contributed by atoms with Crippen LogP contribution in [0.15, 0.2) is 48.5 Å². The van der Waals surface area contributed by atoms with E-state index in [4.69, 9.17) is 0 Å². The Morgan fingerprint density at radius 1 is 0.926 bits per heavy atom. The maximum atomic E-state index is 13.5. The third kappa shape index (κ3) is 5.29. The molecule has 5 nitrogen and oxygen atoms in total. The van der Waals surface area contributed by atoms with Crippen molar-refractivity contribution in [1.82, 2.24) is 5.32 Å². The SMILES string of the molecule is O=C(NCCc1ccc(N2CCCCC2)cc1)C(=O)Nc1ccccc1F. The van der Waals surface area contributed by atoms with Crippen LogP contribution in [0.4, 0.5) is 15.8 Å². The summed E-state index contributed by atoms with van der Waals surface area (Å²) in [6.07, 6.45) is 4.41. The maximum Gasteiger partial charge on any atom is 0.313 e. The van der Waals surface area contributed by atoms with Gasteiger partial charge in [0, 0.05) is 25.3 Å². The summed E-state index contributed by atoms with van der Waals surface area (Å²) < 4.78 is 13.5. The van der Waals surface area contributed by atoms with Gasteiger partial charge in [0.25, 0.3) is 0 Å². The molecule has 2 N–H and O–H groups in total. The van der Waals surface area contributed by atoms with Crippen LogP contribution >= 0.6 is 0 Å². The number of nitrogens with one attached hydrogen (secondary N) is 2. The lowest BCUT2D eigenvalue weighted by Crippen LogP contribution is -2.36. The number of carbonyl (C=O) groups excluding carboxylic acids is 2. The number of anilines is 2. The molecule has 2 amide bonds. The van der Waals surface area contributed by atoms with E-state index in [1.807, 2.05) is 0 Å². The number of halogens is 1. The Bertz CT molecular complexity index is 786. The van der Waals surface area contributed by atoms with Crippen LogP contribution in [0.3, 0.4) is 0 Å². The predicted molar refractivity (Wildman–Crippen MR) is 104 cm³/mol. The van der Waals surface area contributed by atoms with Crippen molar-refractivity contribution in [3.8, 4) is 0 Å². The normalized spacial score (nSPS) is 13.9. The molecule has 0 radical (unpaired) electrons. The number of rotatable bonds is 5. The second-order valence-electron chi connectivity index (χ2n) is 6.65. The van der Waals surface area contributed by atoms with Gasteiger partial charge in [-0.1, -0.05) is 24.3 Å². The van der Waals surface area contributed by atoms with Crippen molar-refractivity contribution in [3.63, 3.8) is 0 Å². The Morgan fingerprint density at radius 2 is 1.63 bits per heavy atom. The molecule has 0 aliphatic carbocycles. The molecule has 27 heavy (non-hydrogen) atoms. The van der Waals surface area contributed by atoms with Crippen molar-refractivity contribution in [2.45, 2.75) is 25.7 Å². The van der Waals surface area contributed by atoms with Gasteiger partial charge in [0.05, 0.1) is 5.69 Å². The minimum absolute atomic E-state index is 0.00838. The number of benzene rings is 2. The molecule has 2 aromatic rings. The van der Waals surface area contributed by atoms with Crippen molar-refractivity contribution in [3.05, 3.63) is 59.9 Å². The highest BCUT2D eigenvalue weighted by Crippen LogP contribution is 2.20. The molecule has 1 fully saturated rings. The average molecular weight is 369 g/mol. The van der Waals surface area contributed by atoms with E-state index in [0.717, 1.165) is 18.7 Å². The highest BCUT2D eigenvalue weighted by Gasteiger charge is 2.15. The van der Waals surface area contributed by atoms with E-state index >= 15 is 0 Å². The minimum atomic E-state index is -0.874. The highest BCUT2D eigenvalue weighted by molar-refractivity contribution is 6.39. The fourth-order valence-corrected chi connectivity index (χ4v) is 3.17. The zero-order chi connectivity index (χ0) is 19.1. The fourth-order valence-electron chi connectivity index (χ4n) is 3.17. The summed E-state index contributed by atoms with van der Waals surface area (Å²) in [5.41, 5.74) is 2.31. The highest BCUT2D eigenvalue weighted by atomic mass is 19.1. The molecule has 1 saturated heterocycles. The first-order chi connectivity index (χ1) is 13.1. The van der Waals surface area contributed by atoms with Crippen LogP contribution in [-0.4, -0.2) is 31.4 Å². The van der Waals surface area contributed by atoms with Crippen LogP contribution in [0.25, 0.3) is 0 Å². The Labute approximate surface area is 158 Å².